The van der Waals surface area contributed by atoms with Crippen LogP contribution in [0.4, 0.5) is 0 Å². The minimum atomic E-state index is -0.344. The van der Waals surface area contributed by atoms with Gasteiger partial charge in [-0.25, -0.2) is 0 Å². The smallest absolute Gasteiger partial charge is 0.285 e. The maximum absolute atomic E-state index is 13.5. The highest BCUT2D eigenvalue weighted by Crippen LogP contribution is 2.60. The minimum Gasteiger partial charge on any atom is -0.493 e. The fourth-order valence-corrected chi connectivity index (χ4v) is 8.24. The molecule has 38 heavy (non-hydrogen) atoms. The van der Waals surface area contributed by atoms with E-state index in [1.54, 1.807) is 13.2 Å². The van der Waals surface area contributed by atoms with Crippen LogP contribution in [0.15, 0.2) is 47.4 Å². The summed E-state index contributed by atoms with van der Waals surface area (Å²) in [6.45, 7) is 2.48. The highest BCUT2D eigenvalue weighted by Gasteiger charge is 2.55. The summed E-state index contributed by atoms with van der Waals surface area (Å²) in [6, 6.07) is 13.8. The van der Waals surface area contributed by atoms with Crippen LogP contribution in [0.1, 0.15) is 55.2 Å². The van der Waals surface area contributed by atoms with Gasteiger partial charge in [0.05, 0.1) is 17.4 Å². The topological polar surface area (TPSA) is 67.9 Å². The molecule has 2 aromatic carbocycles. The first kappa shape index (κ1) is 25.4. The predicted octanol–water partition coefficient (Wildman–Crippen LogP) is 6.03. The van der Waals surface area contributed by atoms with Gasteiger partial charge >= 0.3 is 0 Å². The van der Waals surface area contributed by atoms with Crippen LogP contribution in [-0.2, 0) is 16.2 Å². The number of thiocarbonyl (C=S) groups is 1. The quantitative estimate of drug-likeness (QED) is 0.337. The van der Waals surface area contributed by atoms with E-state index in [1.807, 2.05) is 30.3 Å². The Hall–Kier alpha value is -2.84. The number of nitrogens with one attached hydrogen (secondary N) is 1. The largest absolute Gasteiger partial charge is 0.493 e. The average Bonchev–Trinajstić information content (AvgIpc) is 3.15. The van der Waals surface area contributed by atoms with Gasteiger partial charge in [-0.2, -0.15) is 5.01 Å². The maximum atomic E-state index is 13.5. The average molecular weight is 549 g/mol. The van der Waals surface area contributed by atoms with Crippen molar-refractivity contribution in [3.8, 4) is 11.5 Å². The lowest BCUT2D eigenvalue weighted by Gasteiger charge is -2.55. The summed E-state index contributed by atoms with van der Waals surface area (Å²) in [5.41, 5.74) is 5.63. The first-order valence-corrected chi connectivity index (χ1v) is 14.5. The van der Waals surface area contributed by atoms with Gasteiger partial charge in [0.15, 0.2) is 15.8 Å². The van der Waals surface area contributed by atoms with E-state index >= 15 is 0 Å². The van der Waals surface area contributed by atoms with Crippen molar-refractivity contribution in [3.63, 3.8) is 0 Å². The number of nitrogens with zero attached hydrogens (tertiary/aromatic N) is 1. The van der Waals surface area contributed by atoms with Crippen molar-refractivity contribution in [2.75, 3.05) is 7.11 Å². The van der Waals surface area contributed by atoms with E-state index in [9.17, 15) is 9.59 Å². The highest BCUT2D eigenvalue weighted by atomic mass is 32.2. The number of carbonyl (C=O) groups excluding carboxylic acids is 2. The second-order valence-electron chi connectivity index (χ2n) is 11.3. The number of thioether (sulfide) groups is 1. The lowest BCUT2D eigenvalue weighted by atomic mass is 9.49. The number of aryl methyl sites for hydroxylation is 1. The Balaban J connectivity index is 1.14. The van der Waals surface area contributed by atoms with Gasteiger partial charge in [0, 0.05) is 0 Å². The molecule has 5 fully saturated rings. The van der Waals surface area contributed by atoms with E-state index in [0.717, 1.165) is 30.4 Å². The van der Waals surface area contributed by atoms with E-state index in [0.29, 0.717) is 45.1 Å². The van der Waals surface area contributed by atoms with Crippen LogP contribution in [0, 0.1) is 30.1 Å². The predicted molar refractivity (Wildman–Crippen MR) is 152 cm³/mol. The molecule has 4 saturated carbocycles. The summed E-state index contributed by atoms with van der Waals surface area (Å²) >= 11 is 6.70. The van der Waals surface area contributed by atoms with Crippen molar-refractivity contribution < 1.29 is 19.1 Å². The van der Waals surface area contributed by atoms with Crippen LogP contribution in [0.2, 0.25) is 0 Å². The normalized spacial score (nSPS) is 28.7. The number of methoxy groups -OCH3 is 1. The Morgan fingerprint density at radius 3 is 2.37 bits per heavy atom. The molecular weight excluding hydrogens is 516 g/mol. The van der Waals surface area contributed by atoms with Crippen molar-refractivity contribution in [2.45, 2.75) is 52.1 Å². The summed E-state index contributed by atoms with van der Waals surface area (Å²) in [4.78, 5) is 27.2. The van der Waals surface area contributed by atoms with E-state index in [2.05, 4.69) is 24.5 Å². The highest BCUT2D eigenvalue weighted by molar-refractivity contribution is 8.26. The van der Waals surface area contributed by atoms with Crippen LogP contribution in [-0.4, -0.2) is 28.3 Å². The first-order valence-electron chi connectivity index (χ1n) is 13.3. The van der Waals surface area contributed by atoms with E-state index in [1.165, 1.54) is 41.6 Å². The molecule has 4 bridgehead atoms. The van der Waals surface area contributed by atoms with Gasteiger partial charge in [-0.15, -0.1) is 0 Å². The van der Waals surface area contributed by atoms with Crippen LogP contribution in [0.25, 0.3) is 6.08 Å². The molecule has 2 aromatic rings. The molecule has 7 rings (SSSR count). The van der Waals surface area contributed by atoms with Crippen molar-refractivity contribution in [3.05, 3.63) is 64.1 Å². The zero-order valence-corrected chi connectivity index (χ0v) is 23.3. The summed E-state index contributed by atoms with van der Waals surface area (Å²) in [7, 11) is 1.59. The molecule has 198 valence electrons. The fraction of sp³-hybridized carbons (Fsp3) is 0.433. The summed E-state index contributed by atoms with van der Waals surface area (Å²) < 4.78 is 11.9. The number of rotatable bonds is 7. The third kappa shape index (κ3) is 4.84. The molecule has 0 unspecified atom stereocenters. The van der Waals surface area contributed by atoms with Gasteiger partial charge in [-0.1, -0.05) is 47.7 Å². The second-order valence-corrected chi connectivity index (χ2v) is 13.0. The summed E-state index contributed by atoms with van der Waals surface area (Å²) in [6.07, 6.45) is 8.37. The molecule has 6 nitrogen and oxygen atoms in total. The first-order chi connectivity index (χ1) is 18.3. The van der Waals surface area contributed by atoms with E-state index < -0.39 is 0 Å². The van der Waals surface area contributed by atoms with Gasteiger partial charge in [-0.05, 0) is 105 Å². The molecule has 2 amide bonds. The van der Waals surface area contributed by atoms with Crippen LogP contribution in [0.3, 0.4) is 0 Å². The third-order valence-corrected chi connectivity index (χ3v) is 9.83. The molecule has 1 N–H and O–H groups in total. The molecular formula is C30H32N2O4S2. The Labute approximate surface area is 233 Å². The lowest BCUT2D eigenvalue weighted by molar-refractivity contribution is -0.152. The van der Waals surface area contributed by atoms with Crippen LogP contribution >= 0.6 is 24.0 Å². The number of hydrazine groups is 1. The van der Waals surface area contributed by atoms with E-state index in [-0.39, 0.29) is 17.2 Å². The number of carbonyl (C=O) groups is 2. The molecule has 8 heteroatoms. The van der Waals surface area contributed by atoms with Crippen molar-refractivity contribution in [1.82, 2.24) is 10.4 Å². The Bertz CT molecular complexity index is 1280. The molecule has 1 aliphatic heterocycles. The van der Waals surface area contributed by atoms with Crippen molar-refractivity contribution in [1.29, 1.82) is 0 Å². The van der Waals surface area contributed by atoms with E-state index in [4.69, 9.17) is 21.7 Å². The van der Waals surface area contributed by atoms with Crippen LogP contribution in [0.5, 0.6) is 11.5 Å². The Morgan fingerprint density at radius 2 is 1.74 bits per heavy atom. The fourth-order valence-electron chi connectivity index (χ4n) is 7.06. The summed E-state index contributed by atoms with van der Waals surface area (Å²) in [5.74, 6) is 2.82. The number of ether oxygens (including phenoxy) is 2. The zero-order chi connectivity index (χ0) is 26.4. The monoisotopic (exact) mass is 548 g/mol. The van der Waals surface area contributed by atoms with Crippen LogP contribution < -0.4 is 14.9 Å². The van der Waals surface area contributed by atoms with Gasteiger partial charge in [0.2, 0.25) is 5.91 Å². The molecule has 5 aliphatic rings. The molecule has 1 saturated heterocycles. The SMILES string of the molecule is COc1cc(/C=C2/SC(=S)N(NC(=O)C34CC5CC(CC(C5)C3)C4)C2=O)ccc1OCc1ccc(C)cc1. The zero-order valence-electron chi connectivity index (χ0n) is 21.7. The molecule has 1 heterocycles. The number of amides is 2. The maximum Gasteiger partial charge on any atom is 0.285 e. The second kappa shape index (κ2) is 10.0. The molecule has 0 radical (unpaired) electrons. The Kier molecular flexibility index (Phi) is 6.72. The third-order valence-electron chi connectivity index (χ3n) is 8.53. The van der Waals surface area contributed by atoms with Gasteiger partial charge in [-0.3, -0.25) is 15.0 Å². The number of hydrogen-bond acceptors (Lipinski definition) is 6. The molecule has 0 aromatic heterocycles. The summed E-state index contributed by atoms with van der Waals surface area (Å²) in [5, 5.41) is 1.27. The number of hydrogen-bond donors (Lipinski definition) is 1. The van der Waals surface area contributed by atoms with Crippen molar-refractivity contribution in [2.24, 2.45) is 23.2 Å². The molecule has 0 atom stereocenters. The van der Waals surface area contributed by atoms with Gasteiger partial charge in [0.25, 0.3) is 5.91 Å². The standard InChI is InChI=1S/C30H32N2O4S2/c1-18-3-5-19(6-4-18)17-36-24-8-7-20(12-25(24)35-2)13-26-27(33)32(29(37)38-26)31-28(34)30-14-21-9-22(15-30)11-23(10-21)16-30/h3-8,12-13,21-23H,9-11,14-17H2,1-2H3,(H,31,34)/b26-13+. The molecule has 0 spiro atoms. The van der Waals surface area contributed by atoms with Gasteiger partial charge in [0.1, 0.15) is 6.61 Å². The molecule has 4 aliphatic carbocycles. The number of benzene rings is 2. The Morgan fingerprint density at radius 1 is 1.08 bits per heavy atom. The van der Waals surface area contributed by atoms with Gasteiger partial charge < -0.3 is 9.47 Å². The minimum absolute atomic E-state index is 0.0362. The van der Waals surface area contributed by atoms with Crippen molar-refractivity contribution >= 4 is 46.2 Å². The lowest BCUT2D eigenvalue weighted by Crippen LogP contribution is -2.57.